The molecule has 9 heteroatoms. The maximum Gasteiger partial charge on any atom is 0.333 e. The summed E-state index contributed by atoms with van der Waals surface area (Å²) in [7, 11) is 0. The van der Waals surface area contributed by atoms with Crippen molar-refractivity contribution in [3.05, 3.63) is 65.2 Å². The molecule has 2 aromatic carbocycles. The number of epoxide rings is 1. The van der Waals surface area contributed by atoms with Gasteiger partial charge in [-0.2, -0.15) is 0 Å². The van der Waals surface area contributed by atoms with Crippen LogP contribution in [0, 0.1) is 11.8 Å². The van der Waals surface area contributed by atoms with Crippen molar-refractivity contribution in [3.63, 3.8) is 0 Å². The Morgan fingerprint density at radius 2 is 1.67 bits per heavy atom. The highest BCUT2D eigenvalue weighted by atomic mass is 16.7. The third-order valence-electron chi connectivity index (χ3n) is 6.27. The molecule has 184 valence electrons. The lowest BCUT2D eigenvalue weighted by molar-refractivity contribution is -0.197. The average Bonchev–Trinajstić information content (AvgIpc) is 3.56. The van der Waals surface area contributed by atoms with E-state index in [4.69, 9.17) is 9.57 Å². The Bertz CT molecular complexity index is 1260. The van der Waals surface area contributed by atoms with Gasteiger partial charge in [-0.25, -0.2) is 4.79 Å². The fourth-order valence-electron chi connectivity index (χ4n) is 4.27. The van der Waals surface area contributed by atoms with Crippen molar-refractivity contribution in [2.24, 2.45) is 0 Å². The first-order valence-electron chi connectivity index (χ1n) is 11.9. The Kier molecular flexibility index (Phi) is 6.80. The van der Waals surface area contributed by atoms with Crippen molar-refractivity contribution < 1.29 is 28.8 Å². The van der Waals surface area contributed by atoms with E-state index in [1.54, 1.807) is 4.90 Å². The molecule has 3 aliphatic rings. The number of imide groups is 1. The minimum atomic E-state index is -0.651. The highest BCUT2D eigenvalue weighted by molar-refractivity contribution is 6.01. The Balaban J connectivity index is 1.10. The quantitative estimate of drug-likeness (QED) is 0.345. The number of hydroxylamine groups is 2. The monoisotopic (exact) mass is 487 g/mol. The SMILES string of the molecule is O=C(CC[C@@H]1OC1NCCC(=O)N1Cc2ccccc2C#Cc2ccccc21)ON1C(=O)CCC1=O. The first-order valence-corrected chi connectivity index (χ1v) is 11.9. The number of carbonyl (C=O) groups is 4. The smallest absolute Gasteiger partial charge is 0.333 e. The van der Waals surface area contributed by atoms with Crippen LogP contribution in [-0.4, -0.2) is 47.6 Å². The predicted octanol–water partition coefficient (Wildman–Crippen LogP) is 2.02. The summed E-state index contributed by atoms with van der Waals surface area (Å²) in [5, 5.41) is 3.74. The number of hydrogen-bond donors (Lipinski definition) is 1. The summed E-state index contributed by atoms with van der Waals surface area (Å²) < 4.78 is 5.54. The van der Waals surface area contributed by atoms with Gasteiger partial charge in [0.25, 0.3) is 11.8 Å². The van der Waals surface area contributed by atoms with Crippen LogP contribution in [0.1, 0.15) is 48.8 Å². The molecular formula is C27H25N3O6. The molecule has 1 unspecified atom stereocenters. The summed E-state index contributed by atoms with van der Waals surface area (Å²) in [4.78, 5) is 54.9. The van der Waals surface area contributed by atoms with Crippen molar-refractivity contribution in [1.82, 2.24) is 10.4 Å². The molecule has 2 saturated heterocycles. The lowest BCUT2D eigenvalue weighted by Crippen LogP contribution is -2.34. The Labute approximate surface area is 208 Å². The van der Waals surface area contributed by atoms with Crippen LogP contribution in [0.25, 0.3) is 0 Å². The van der Waals surface area contributed by atoms with Crippen LogP contribution in [0.5, 0.6) is 0 Å². The largest absolute Gasteiger partial charge is 0.353 e. The molecule has 0 aliphatic carbocycles. The van der Waals surface area contributed by atoms with Gasteiger partial charge in [0.1, 0.15) is 6.23 Å². The van der Waals surface area contributed by atoms with Gasteiger partial charge in [0.05, 0.1) is 24.8 Å². The van der Waals surface area contributed by atoms with Crippen molar-refractivity contribution in [2.75, 3.05) is 11.4 Å². The van der Waals surface area contributed by atoms with E-state index in [1.807, 2.05) is 48.5 Å². The Morgan fingerprint density at radius 3 is 2.47 bits per heavy atom. The van der Waals surface area contributed by atoms with Gasteiger partial charge in [-0.15, -0.1) is 5.06 Å². The molecule has 3 amide bonds. The van der Waals surface area contributed by atoms with Crippen LogP contribution in [0.15, 0.2) is 48.5 Å². The second-order valence-corrected chi connectivity index (χ2v) is 8.79. The molecule has 36 heavy (non-hydrogen) atoms. The third kappa shape index (κ3) is 5.30. The summed E-state index contributed by atoms with van der Waals surface area (Å²) >= 11 is 0. The molecule has 0 radical (unpaired) electrons. The first kappa shape index (κ1) is 23.7. The maximum atomic E-state index is 13.2. The molecular weight excluding hydrogens is 462 g/mol. The number of nitrogens with zero attached hydrogens (tertiary/aromatic N) is 2. The number of fused-ring (bicyclic) bond motifs is 2. The Morgan fingerprint density at radius 1 is 0.972 bits per heavy atom. The standard InChI is InChI=1S/C27H25N3O6/c31-23(29-17-20-7-2-1-5-18(20)9-10-19-6-3-4-8-21(19)29)15-16-28-27-22(35-27)11-14-26(34)36-30-24(32)12-13-25(30)33/h1-8,22,27-28H,11-17H2/t22-,27?/m0/s1. The number of anilines is 1. The molecule has 1 N–H and O–H groups in total. The molecule has 0 saturated carbocycles. The molecule has 3 aliphatic heterocycles. The summed E-state index contributed by atoms with van der Waals surface area (Å²) in [5.41, 5.74) is 3.51. The van der Waals surface area contributed by atoms with Crippen LogP contribution in [-0.2, 0) is 35.3 Å². The van der Waals surface area contributed by atoms with Gasteiger partial charge in [0, 0.05) is 36.9 Å². The van der Waals surface area contributed by atoms with Gasteiger partial charge >= 0.3 is 5.97 Å². The van der Waals surface area contributed by atoms with Crippen LogP contribution in [0.3, 0.4) is 0 Å². The zero-order chi connectivity index (χ0) is 25.1. The highest BCUT2D eigenvalue weighted by Gasteiger charge is 2.39. The van der Waals surface area contributed by atoms with E-state index in [2.05, 4.69) is 17.2 Å². The molecule has 0 spiro atoms. The zero-order valence-corrected chi connectivity index (χ0v) is 19.6. The summed E-state index contributed by atoms with van der Waals surface area (Å²) in [6, 6.07) is 15.5. The normalized spacial score (nSPS) is 20.0. The lowest BCUT2D eigenvalue weighted by atomic mass is 10.0. The minimum Gasteiger partial charge on any atom is -0.353 e. The van der Waals surface area contributed by atoms with Gasteiger partial charge in [-0.05, 0) is 30.2 Å². The maximum absolute atomic E-state index is 13.2. The van der Waals surface area contributed by atoms with Crippen molar-refractivity contribution in [2.45, 2.75) is 51.0 Å². The number of carbonyl (C=O) groups excluding carboxylic acids is 4. The van der Waals surface area contributed by atoms with Gasteiger partial charge < -0.3 is 14.5 Å². The molecule has 3 heterocycles. The molecule has 0 bridgehead atoms. The number of amides is 3. The van der Waals surface area contributed by atoms with Crippen molar-refractivity contribution in [1.29, 1.82) is 0 Å². The third-order valence-corrected chi connectivity index (χ3v) is 6.27. The zero-order valence-electron chi connectivity index (χ0n) is 19.6. The van der Waals surface area contributed by atoms with Crippen LogP contribution in [0.2, 0.25) is 0 Å². The summed E-state index contributed by atoms with van der Waals surface area (Å²) in [6.45, 7) is 0.848. The van der Waals surface area contributed by atoms with E-state index in [-0.39, 0.29) is 43.9 Å². The van der Waals surface area contributed by atoms with E-state index < -0.39 is 17.8 Å². The number of para-hydroxylation sites is 1. The molecule has 9 nitrogen and oxygen atoms in total. The number of nitrogens with one attached hydrogen (secondary N) is 1. The van der Waals surface area contributed by atoms with Gasteiger partial charge in [-0.3, -0.25) is 19.7 Å². The van der Waals surface area contributed by atoms with Crippen LogP contribution < -0.4 is 10.2 Å². The van der Waals surface area contributed by atoms with E-state index in [0.717, 1.165) is 22.4 Å². The molecule has 2 aromatic rings. The number of hydrogen-bond acceptors (Lipinski definition) is 7. The van der Waals surface area contributed by atoms with E-state index in [0.29, 0.717) is 24.6 Å². The lowest BCUT2D eigenvalue weighted by Gasteiger charge is -2.26. The van der Waals surface area contributed by atoms with Crippen LogP contribution in [0.4, 0.5) is 5.69 Å². The van der Waals surface area contributed by atoms with Crippen LogP contribution >= 0.6 is 0 Å². The molecule has 2 fully saturated rings. The van der Waals surface area contributed by atoms with Crippen molar-refractivity contribution in [3.8, 4) is 11.8 Å². The molecule has 5 rings (SSSR count). The first-order chi connectivity index (χ1) is 17.5. The van der Waals surface area contributed by atoms with Crippen molar-refractivity contribution >= 4 is 29.4 Å². The topological polar surface area (TPSA) is 109 Å². The second kappa shape index (κ2) is 10.3. The second-order valence-electron chi connectivity index (χ2n) is 8.79. The van der Waals surface area contributed by atoms with E-state index >= 15 is 0 Å². The summed E-state index contributed by atoms with van der Waals surface area (Å²) in [5.74, 6) is 4.71. The highest BCUT2D eigenvalue weighted by Crippen LogP contribution is 2.27. The van der Waals surface area contributed by atoms with Gasteiger partial charge in [-0.1, -0.05) is 42.2 Å². The minimum absolute atomic E-state index is 0.0177. The number of rotatable bonds is 8. The fraction of sp³-hybridized carbons (Fsp3) is 0.333. The van der Waals surface area contributed by atoms with Gasteiger partial charge in [0.15, 0.2) is 0 Å². The van der Waals surface area contributed by atoms with E-state index in [9.17, 15) is 19.2 Å². The number of ether oxygens (including phenoxy) is 1. The fourth-order valence-corrected chi connectivity index (χ4v) is 4.27. The van der Waals surface area contributed by atoms with E-state index in [1.165, 1.54) is 0 Å². The number of benzene rings is 2. The predicted molar refractivity (Wildman–Crippen MR) is 128 cm³/mol. The average molecular weight is 488 g/mol. The molecule has 2 atom stereocenters. The van der Waals surface area contributed by atoms with Gasteiger partial charge in [0.2, 0.25) is 5.91 Å². The molecule has 0 aromatic heterocycles. The Hall–Kier alpha value is -4.00. The summed E-state index contributed by atoms with van der Waals surface area (Å²) in [6.07, 6.45) is 0.336.